The predicted molar refractivity (Wildman–Crippen MR) is 109 cm³/mol. The molecule has 0 atom stereocenters. The fourth-order valence-electron chi connectivity index (χ4n) is 2.76. The number of nitrogens with one attached hydrogen (secondary N) is 2. The third-order valence-corrected chi connectivity index (χ3v) is 4.29. The summed E-state index contributed by atoms with van der Waals surface area (Å²) in [4.78, 5) is 12.5. The molecule has 0 fully saturated rings. The van der Waals surface area contributed by atoms with Crippen molar-refractivity contribution in [3.8, 4) is 11.5 Å². The number of nitrogens with zero attached hydrogens (tertiary/aromatic N) is 2. The van der Waals surface area contributed by atoms with Gasteiger partial charge in [0.1, 0.15) is 11.5 Å². The maximum absolute atomic E-state index is 12.5. The molecule has 28 heavy (non-hydrogen) atoms. The molecule has 7 nitrogen and oxygen atoms in total. The lowest BCUT2D eigenvalue weighted by atomic mass is 10.1. The van der Waals surface area contributed by atoms with Gasteiger partial charge in [0.25, 0.3) is 5.91 Å². The Bertz CT molecular complexity index is 967. The molecule has 3 rings (SSSR count). The van der Waals surface area contributed by atoms with Crippen LogP contribution in [0, 0.1) is 13.8 Å². The quantitative estimate of drug-likeness (QED) is 0.671. The summed E-state index contributed by atoms with van der Waals surface area (Å²) in [7, 11) is 3.09. The summed E-state index contributed by atoms with van der Waals surface area (Å²) >= 11 is 0. The van der Waals surface area contributed by atoms with Gasteiger partial charge in [-0.3, -0.25) is 4.79 Å². The van der Waals surface area contributed by atoms with Gasteiger partial charge in [-0.05, 0) is 49.2 Å². The molecule has 0 spiro atoms. The van der Waals surface area contributed by atoms with Gasteiger partial charge in [0, 0.05) is 11.8 Å². The van der Waals surface area contributed by atoms with E-state index in [9.17, 15) is 4.79 Å². The van der Waals surface area contributed by atoms with Gasteiger partial charge >= 0.3 is 0 Å². The monoisotopic (exact) mass is 378 g/mol. The van der Waals surface area contributed by atoms with E-state index in [2.05, 4.69) is 20.8 Å². The van der Waals surface area contributed by atoms with Gasteiger partial charge in [0.15, 0.2) is 11.5 Å². The minimum absolute atomic E-state index is 0.192. The van der Waals surface area contributed by atoms with Gasteiger partial charge in [-0.1, -0.05) is 18.2 Å². The Hall–Kier alpha value is -3.61. The Labute approximate surface area is 163 Å². The Balaban J connectivity index is 1.76. The van der Waals surface area contributed by atoms with Crippen LogP contribution < -0.4 is 20.1 Å². The number of aromatic nitrogens is 2. The highest BCUT2D eigenvalue weighted by atomic mass is 16.5. The molecular weight excluding hydrogens is 356 g/mol. The van der Waals surface area contributed by atoms with E-state index in [0.717, 1.165) is 16.8 Å². The smallest absolute Gasteiger partial charge is 0.276 e. The maximum Gasteiger partial charge on any atom is 0.276 e. The summed E-state index contributed by atoms with van der Waals surface area (Å²) in [6.07, 6.45) is 0. The number of rotatable bonds is 6. The summed E-state index contributed by atoms with van der Waals surface area (Å²) in [5.74, 6) is 1.30. The summed E-state index contributed by atoms with van der Waals surface area (Å²) in [6.45, 7) is 4.04. The van der Waals surface area contributed by atoms with E-state index in [1.54, 1.807) is 37.4 Å². The number of carbonyl (C=O) groups excluding carboxylic acids is 1. The van der Waals surface area contributed by atoms with E-state index in [1.807, 2.05) is 32.0 Å². The van der Waals surface area contributed by atoms with Crippen LogP contribution in [-0.2, 0) is 0 Å². The first-order valence-corrected chi connectivity index (χ1v) is 8.72. The summed E-state index contributed by atoms with van der Waals surface area (Å²) in [6, 6.07) is 14.5. The van der Waals surface area contributed by atoms with Crippen molar-refractivity contribution < 1.29 is 14.3 Å². The van der Waals surface area contributed by atoms with Crippen LogP contribution in [0.5, 0.6) is 11.5 Å². The third kappa shape index (κ3) is 4.20. The minimum Gasteiger partial charge on any atom is -0.497 e. The van der Waals surface area contributed by atoms with Gasteiger partial charge in [0.2, 0.25) is 0 Å². The second-order valence-electron chi connectivity index (χ2n) is 6.22. The fourth-order valence-corrected chi connectivity index (χ4v) is 2.76. The molecule has 7 heteroatoms. The molecule has 0 saturated heterocycles. The molecular formula is C21H22N4O3. The van der Waals surface area contributed by atoms with Crippen LogP contribution in [-0.4, -0.2) is 30.3 Å². The molecule has 0 radical (unpaired) electrons. The van der Waals surface area contributed by atoms with E-state index in [0.29, 0.717) is 23.0 Å². The Kier molecular flexibility index (Phi) is 5.74. The molecule has 0 saturated carbocycles. The molecule has 1 aromatic heterocycles. The topological polar surface area (TPSA) is 85.4 Å². The number of ether oxygens (including phenoxy) is 2. The van der Waals surface area contributed by atoms with Crippen LogP contribution in [0.25, 0.3) is 0 Å². The Morgan fingerprint density at radius 3 is 2.29 bits per heavy atom. The fraction of sp³-hybridized carbons (Fsp3) is 0.190. The third-order valence-electron chi connectivity index (χ3n) is 4.29. The van der Waals surface area contributed by atoms with E-state index in [4.69, 9.17) is 9.47 Å². The highest BCUT2D eigenvalue weighted by Crippen LogP contribution is 2.29. The van der Waals surface area contributed by atoms with E-state index in [-0.39, 0.29) is 5.69 Å². The highest BCUT2D eigenvalue weighted by molar-refractivity contribution is 6.03. The van der Waals surface area contributed by atoms with Gasteiger partial charge in [-0.15, -0.1) is 10.2 Å². The second kappa shape index (κ2) is 8.39. The second-order valence-corrected chi connectivity index (χ2v) is 6.22. The van der Waals surface area contributed by atoms with Gasteiger partial charge in [0.05, 0.1) is 19.9 Å². The lowest BCUT2D eigenvalue weighted by Gasteiger charge is -2.12. The average Bonchev–Trinajstić information content (AvgIpc) is 2.71. The van der Waals surface area contributed by atoms with Crippen molar-refractivity contribution in [2.24, 2.45) is 0 Å². The van der Waals surface area contributed by atoms with Crippen molar-refractivity contribution >= 4 is 23.1 Å². The molecule has 1 heterocycles. The maximum atomic E-state index is 12.5. The summed E-state index contributed by atoms with van der Waals surface area (Å²) < 4.78 is 10.5. The number of carbonyl (C=O) groups is 1. The molecule has 2 aromatic carbocycles. The van der Waals surface area contributed by atoms with Gasteiger partial charge < -0.3 is 20.1 Å². The van der Waals surface area contributed by atoms with Crippen LogP contribution in [0.1, 0.15) is 21.6 Å². The molecule has 0 aliphatic rings. The van der Waals surface area contributed by atoms with Crippen LogP contribution in [0.4, 0.5) is 17.2 Å². The first-order valence-electron chi connectivity index (χ1n) is 8.72. The molecule has 0 unspecified atom stereocenters. The number of hydrogen-bond donors (Lipinski definition) is 2. The zero-order valence-electron chi connectivity index (χ0n) is 16.2. The number of para-hydroxylation sites is 1. The molecule has 2 N–H and O–H groups in total. The standard InChI is InChI=1S/C21H22N4O3/c1-13-6-5-7-14(2)20(13)23-19-11-9-16(24-25-19)21(26)22-17-12-15(27-3)8-10-18(17)28-4/h5-12H,1-4H3,(H,22,26)(H,23,25). The van der Waals surface area contributed by atoms with Gasteiger partial charge in [-0.25, -0.2) is 0 Å². The van der Waals surface area contributed by atoms with Crippen molar-refractivity contribution in [3.63, 3.8) is 0 Å². The van der Waals surface area contributed by atoms with E-state index < -0.39 is 5.91 Å². The number of methoxy groups -OCH3 is 2. The Morgan fingerprint density at radius 2 is 1.68 bits per heavy atom. The first-order chi connectivity index (χ1) is 13.5. The van der Waals surface area contributed by atoms with Crippen molar-refractivity contribution in [1.29, 1.82) is 0 Å². The molecule has 3 aromatic rings. The summed E-state index contributed by atoms with van der Waals surface area (Å²) in [5, 5.41) is 14.2. The Morgan fingerprint density at radius 1 is 0.929 bits per heavy atom. The van der Waals surface area contributed by atoms with E-state index in [1.165, 1.54) is 7.11 Å². The zero-order chi connectivity index (χ0) is 20.1. The van der Waals surface area contributed by atoms with Crippen molar-refractivity contribution in [1.82, 2.24) is 10.2 Å². The lowest BCUT2D eigenvalue weighted by molar-refractivity contribution is 0.102. The largest absolute Gasteiger partial charge is 0.497 e. The van der Waals surface area contributed by atoms with Crippen LogP contribution in [0.15, 0.2) is 48.5 Å². The number of aryl methyl sites for hydroxylation is 2. The number of amides is 1. The van der Waals surface area contributed by atoms with Crippen LogP contribution in [0.3, 0.4) is 0 Å². The zero-order valence-corrected chi connectivity index (χ0v) is 16.2. The summed E-state index contributed by atoms with van der Waals surface area (Å²) in [5.41, 5.74) is 3.88. The predicted octanol–water partition coefficient (Wildman–Crippen LogP) is 4.11. The van der Waals surface area contributed by atoms with E-state index >= 15 is 0 Å². The van der Waals surface area contributed by atoms with Crippen molar-refractivity contribution in [3.05, 3.63) is 65.4 Å². The molecule has 0 bridgehead atoms. The SMILES string of the molecule is COc1ccc(OC)c(NC(=O)c2ccc(Nc3c(C)cccc3C)nn2)c1. The highest BCUT2D eigenvalue weighted by Gasteiger charge is 2.13. The van der Waals surface area contributed by atoms with Crippen molar-refractivity contribution in [2.45, 2.75) is 13.8 Å². The normalized spacial score (nSPS) is 10.3. The number of benzene rings is 2. The molecule has 1 amide bonds. The minimum atomic E-state index is -0.391. The number of anilines is 3. The average molecular weight is 378 g/mol. The molecule has 144 valence electrons. The molecule has 0 aliphatic heterocycles. The lowest BCUT2D eigenvalue weighted by Crippen LogP contribution is -2.15. The first kappa shape index (κ1) is 19.2. The van der Waals surface area contributed by atoms with Gasteiger partial charge in [-0.2, -0.15) is 0 Å². The van der Waals surface area contributed by atoms with Crippen LogP contribution in [0.2, 0.25) is 0 Å². The van der Waals surface area contributed by atoms with Crippen molar-refractivity contribution in [2.75, 3.05) is 24.9 Å². The van der Waals surface area contributed by atoms with Crippen LogP contribution >= 0.6 is 0 Å². The molecule has 0 aliphatic carbocycles. The number of hydrogen-bond acceptors (Lipinski definition) is 6.